The van der Waals surface area contributed by atoms with Gasteiger partial charge < -0.3 is 4.74 Å². The summed E-state index contributed by atoms with van der Waals surface area (Å²) in [5.41, 5.74) is 3.54. The molecule has 0 aliphatic carbocycles. The average Bonchev–Trinajstić information content (AvgIpc) is 3.01. The normalized spacial score (nSPS) is 11.0. The Balaban J connectivity index is 1.85. The van der Waals surface area contributed by atoms with Crippen molar-refractivity contribution < 1.29 is 4.74 Å². The Labute approximate surface area is 160 Å². The predicted octanol–water partition coefficient (Wildman–Crippen LogP) is 4.95. The van der Waals surface area contributed by atoms with Gasteiger partial charge in [-0.15, -0.1) is 10.2 Å². The van der Waals surface area contributed by atoms with Gasteiger partial charge in [0.05, 0.1) is 13.2 Å². The van der Waals surface area contributed by atoms with Crippen LogP contribution in [0.5, 0.6) is 0 Å². The van der Waals surface area contributed by atoms with E-state index in [2.05, 4.69) is 67.9 Å². The van der Waals surface area contributed by atoms with Crippen LogP contribution >= 0.6 is 27.7 Å². The first-order valence-electron chi connectivity index (χ1n) is 8.04. The zero-order chi connectivity index (χ0) is 17.6. The summed E-state index contributed by atoms with van der Waals surface area (Å²) >= 11 is 5.21. The summed E-state index contributed by atoms with van der Waals surface area (Å²) in [5.74, 6) is 1.73. The molecule has 25 heavy (non-hydrogen) atoms. The number of nitrogens with zero attached hydrogens (tertiary/aromatic N) is 3. The molecule has 0 saturated heterocycles. The van der Waals surface area contributed by atoms with Crippen LogP contribution in [0, 0.1) is 6.92 Å². The minimum atomic E-state index is 0.626. The van der Waals surface area contributed by atoms with Crippen molar-refractivity contribution in [2.24, 2.45) is 0 Å². The summed E-state index contributed by atoms with van der Waals surface area (Å²) < 4.78 is 8.50. The molecule has 6 heteroatoms. The molecule has 0 aliphatic rings. The fourth-order valence-corrected chi connectivity index (χ4v) is 3.91. The van der Waals surface area contributed by atoms with E-state index in [4.69, 9.17) is 4.74 Å². The number of hydrogen-bond acceptors (Lipinski definition) is 4. The maximum Gasteiger partial charge on any atom is 0.191 e. The zero-order valence-electron chi connectivity index (χ0n) is 14.3. The smallest absolute Gasteiger partial charge is 0.191 e. The Kier molecular flexibility index (Phi) is 6.29. The SMILES string of the molecule is COCCn1c(SCc2cccc(Br)c2)nnc1-c1cccc(C)c1. The van der Waals surface area contributed by atoms with Crippen molar-refractivity contribution in [3.63, 3.8) is 0 Å². The van der Waals surface area contributed by atoms with Crippen LogP contribution in [0.1, 0.15) is 11.1 Å². The molecule has 0 fully saturated rings. The molecule has 0 saturated carbocycles. The monoisotopic (exact) mass is 417 g/mol. The first kappa shape index (κ1) is 18.2. The molecule has 3 aromatic rings. The second kappa shape index (κ2) is 8.65. The van der Waals surface area contributed by atoms with Crippen LogP contribution < -0.4 is 0 Å². The van der Waals surface area contributed by atoms with Gasteiger partial charge in [0.25, 0.3) is 0 Å². The van der Waals surface area contributed by atoms with E-state index < -0.39 is 0 Å². The van der Waals surface area contributed by atoms with E-state index in [-0.39, 0.29) is 0 Å². The van der Waals surface area contributed by atoms with Gasteiger partial charge in [0.15, 0.2) is 11.0 Å². The Morgan fingerprint density at radius 2 is 1.96 bits per heavy atom. The lowest BCUT2D eigenvalue weighted by atomic mass is 10.1. The van der Waals surface area contributed by atoms with Gasteiger partial charge in [-0.1, -0.05) is 63.6 Å². The zero-order valence-corrected chi connectivity index (χ0v) is 16.7. The number of hydrogen-bond donors (Lipinski definition) is 0. The molecule has 0 spiro atoms. The van der Waals surface area contributed by atoms with Gasteiger partial charge in [0.1, 0.15) is 0 Å². The molecule has 0 aliphatic heterocycles. The number of thioether (sulfide) groups is 1. The standard InChI is InChI=1S/C19H20BrN3OS/c1-14-5-3-7-16(11-14)18-21-22-19(23(18)9-10-24-2)25-13-15-6-4-8-17(20)12-15/h3-8,11-12H,9-10,13H2,1-2H3. The number of rotatable bonds is 7. The minimum Gasteiger partial charge on any atom is -0.383 e. The predicted molar refractivity (Wildman–Crippen MR) is 106 cm³/mol. The summed E-state index contributed by atoms with van der Waals surface area (Å²) in [5, 5.41) is 9.77. The highest BCUT2D eigenvalue weighted by atomic mass is 79.9. The lowest BCUT2D eigenvalue weighted by Gasteiger charge is -2.10. The number of aromatic nitrogens is 3. The Bertz CT molecular complexity index is 850. The first-order chi connectivity index (χ1) is 12.2. The molecule has 0 atom stereocenters. The Morgan fingerprint density at radius 3 is 2.72 bits per heavy atom. The second-order valence-corrected chi connectivity index (χ2v) is 7.60. The van der Waals surface area contributed by atoms with E-state index in [1.165, 1.54) is 11.1 Å². The van der Waals surface area contributed by atoms with Crippen molar-refractivity contribution in [3.8, 4) is 11.4 Å². The van der Waals surface area contributed by atoms with Gasteiger partial charge in [-0.05, 0) is 30.7 Å². The summed E-state index contributed by atoms with van der Waals surface area (Å²) in [7, 11) is 1.71. The molecule has 130 valence electrons. The highest BCUT2D eigenvalue weighted by Crippen LogP contribution is 2.27. The van der Waals surface area contributed by atoms with E-state index in [0.29, 0.717) is 6.61 Å². The molecule has 0 amide bonds. The number of methoxy groups -OCH3 is 1. The number of aryl methyl sites for hydroxylation is 1. The molecule has 3 rings (SSSR count). The van der Waals surface area contributed by atoms with Crippen LogP contribution in [0.25, 0.3) is 11.4 Å². The fourth-order valence-electron chi connectivity index (χ4n) is 2.55. The van der Waals surface area contributed by atoms with Crippen LogP contribution in [0.15, 0.2) is 58.2 Å². The highest BCUT2D eigenvalue weighted by molar-refractivity contribution is 9.10. The van der Waals surface area contributed by atoms with Gasteiger partial charge in [0.2, 0.25) is 0 Å². The van der Waals surface area contributed by atoms with Crippen LogP contribution in [0.2, 0.25) is 0 Å². The van der Waals surface area contributed by atoms with Crippen molar-refractivity contribution in [2.75, 3.05) is 13.7 Å². The van der Waals surface area contributed by atoms with E-state index in [0.717, 1.165) is 33.3 Å². The van der Waals surface area contributed by atoms with Crippen molar-refractivity contribution in [1.82, 2.24) is 14.8 Å². The first-order valence-corrected chi connectivity index (χ1v) is 9.81. The van der Waals surface area contributed by atoms with Crippen molar-refractivity contribution >= 4 is 27.7 Å². The fraction of sp³-hybridized carbons (Fsp3) is 0.263. The van der Waals surface area contributed by atoms with Gasteiger partial charge in [-0.2, -0.15) is 0 Å². The Hall–Kier alpha value is -1.63. The summed E-state index contributed by atoms with van der Waals surface area (Å²) in [6.45, 7) is 3.44. The van der Waals surface area contributed by atoms with Crippen LogP contribution in [-0.2, 0) is 17.0 Å². The molecule has 0 N–H and O–H groups in total. The topological polar surface area (TPSA) is 39.9 Å². The number of halogens is 1. The molecule has 0 bridgehead atoms. The molecule has 1 heterocycles. The molecule has 2 aromatic carbocycles. The molecular weight excluding hydrogens is 398 g/mol. The highest BCUT2D eigenvalue weighted by Gasteiger charge is 2.14. The average molecular weight is 418 g/mol. The van der Waals surface area contributed by atoms with Crippen LogP contribution in [-0.4, -0.2) is 28.5 Å². The molecule has 1 aromatic heterocycles. The van der Waals surface area contributed by atoms with Crippen molar-refractivity contribution in [3.05, 3.63) is 64.1 Å². The molecule has 0 radical (unpaired) electrons. The maximum atomic E-state index is 5.27. The van der Waals surface area contributed by atoms with Crippen LogP contribution in [0.4, 0.5) is 0 Å². The minimum absolute atomic E-state index is 0.626. The summed E-state index contributed by atoms with van der Waals surface area (Å²) in [6, 6.07) is 16.7. The van der Waals surface area contributed by atoms with Gasteiger partial charge in [-0.3, -0.25) is 4.57 Å². The lowest BCUT2D eigenvalue weighted by Crippen LogP contribution is -2.07. The van der Waals surface area contributed by atoms with Gasteiger partial charge >= 0.3 is 0 Å². The van der Waals surface area contributed by atoms with E-state index in [1.54, 1.807) is 18.9 Å². The number of ether oxygens (including phenoxy) is 1. The molecule has 0 unspecified atom stereocenters. The third-order valence-electron chi connectivity index (χ3n) is 3.77. The largest absolute Gasteiger partial charge is 0.383 e. The van der Waals surface area contributed by atoms with Crippen molar-refractivity contribution in [2.45, 2.75) is 24.4 Å². The van der Waals surface area contributed by atoms with E-state index in [1.807, 2.05) is 18.2 Å². The molecule has 4 nitrogen and oxygen atoms in total. The van der Waals surface area contributed by atoms with E-state index in [9.17, 15) is 0 Å². The Morgan fingerprint density at radius 1 is 1.12 bits per heavy atom. The lowest BCUT2D eigenvalue weighted by molar-refractivity contribution is 0.185. The van der Waals surface area contributed by atoms with Gasteiger partial charge in [0, 0.05) is 22.9 Å². The summed E-state index contributed by atoms with van der Waals surface area (Å²) in [6.07, 6.45) is 0. The third-order valence-corrected chi connectivity index (χ3v) is 5.30. The number of benzene rings is 2. The molecular formula is C19H20BrN3OS. The van der Waals surface area contributed by atoms with E-state index >= 15 is 0 Å². The quantitative estimate of drug-likeness (QED) is 0.509. The van der Waals surface area contributed by atoms with Gasteiger partial charge in [-0.25, -0.2) is 0 Å². The van der Waals surface area contributed by atoms with Crippen molar-refractivity contribution in [1.29, 1.82) is 0 Å². The van der Waals surface area contributed by atoms with Crippen LogP contribution in [0.3, 0.4) is 0 Å². The second-order valence-electron chi connectivity index (χ2n) is 5.74. The summed E-state index contributed by atoms with van der Waals surface area (Å²) in [4.78, 5) is 0. The maximum absolute atomic E-state index is 5.27. The third kappa shape index (κ3) is 4.71.